The number of anilines is 1. The van der Waals surface area contributed by atoms with Crippen molar-refractivity contribution in [1.29, 1.82) is 0 Å². The second kappa shape index (κ2) is 10.3. The molecule has 2 aromatic carbocycles. The van der Waals surface area contributed by atoms with Crippen LogP contribution in [0.4, 0.5) is 18.9 Å². The zero-order chi connectivity index (χ0) is 21.5. The Bertz CT molecular complexity index is 858. The van der Waals surface area contributed by atoms with Gasteiger partial charge in [0, 0.05) is 11.3 Å². The van der Waals surface area contributed by atoms with Gasteiger partial charge in [-0.2, -0.15) is 8.78 Å². The summed E-state index contributed by atoms with van der Waals surface area (Å²) in [5.41, 5.74) is 1.42. The molecule has 1 fully saturated rings. The molecule has 3 rings (SSSR count). The summed E-state index contributed by atoms with van der Waals surface area (Å²) >= 11 is 0. The van der Waals surface area contributed by atoms with Gasteiger partial charge in [-0.15, -0.1) is 0 Å². The molecule has 0 aliphatic carbocycles. The van der Waals surface area contributed by atoms with Gasteiger partial charge in [0.05, 0.1) is 7.11 Å². The van der Waals surface area contributed by atoms with Crippen LogP contribution in [0.1, 0.15) is 5.56 Å². The fourth-order valence-corrected chi connectivity index (χ4v) is 3.61. The molecule has 1 aliphatic heterocycles. The number of quaternary nitrogens is 2. The number of nitrogens with one attached hydrogen (secondary N) is 3. The number of methoxy groups -OCH3 is 1. The standard InChI is InChI=1S/C21H24F3N3O3/c1-29-19-11-15(5-6-18(19)30-21(23)24)13-26-7-9-27(10-8-26)14-20(28)25-17-4-2-3-16(22)12-17/h2-6,11-12,21H,7-10,13-14H2,1H3,(H,25,28)/p+2. The molecular formula is C21H26F3N3O3+2. The van der Waals surface area contributed by atoms with Gasteiger partial charge in [0.2, 0.25) is 0 Å². The summed E-state index contributed by atoms with van der Waals surface area (Å²) in [4.78, 5) is 14.7. The first-order valence-electron chi connectivity index (χ1n) is 9.77. The molecule has 1 amide bonds. The van der Waals surface area contributed by atoms with E-state index in [4.69, 9.17) is 4.74 Å². The summed E-state index contributed by atoms with van der Waals surface area (Å²) in [6, 6.07) is 10.8. The van der Waals surface area contributed by atoms with Crippen LogP contribution in [0.2, 0.25) is 0 Å². The average Bonchev–Trinajstić information content (AvgIpc) is 2.70. The van der Waals surface area contributed by atoms with Gasteiger partial charge in [0.25, 0.3) is 5.91 Å². The summed E-state index contributed by atoms with van der Waals surface area (Å²) < 4.78 is 47.7. The van der Waals surface area contributed by atoms with Crippen LogP contribution in [0.5, 0.6) is 11.5 Å². The molecule has 0 saturated carbocycles. The highest BCUT2D eigenvalue weighted by atomic mass is 19.3. The Hall–Kier alpha value is -2.78. The molecule has 3 N–H and O–H groups in total. The molecule has 9 heteroatoms. The molecule has 162 valence electrons. The molecule has 1 heterocycles. The summed E-state index contributed by atoms with van der Waals surface area (Å²) in [6.45, 7) is 1.57. The molecule has 6 nitrogen and oxygen atoms in total. The van der Waals surface area contributed by atoms with E-state index in [9.17, 15) is 18.0 Å². The average molecular weight is 425 g/mol. The monoisotopic (exact) mass is 425 g/mol. The number of hydrogen-bond donors (Lipinski definition) is 3. The summed E-state index contributed by atoms with van der Waals surface area (Å²) in [5, 5.41) is 2.73. The van der Waals surface area contributed by atoms with Crippen LogP contribution in [0.25, 0.3) is 0 Å². The van der Waals surface area contributed by atoms with Crippen LogP contribution in [0.3, 0.4) is 0 Å². The van der Waals surface area contributed by atoms with Crippen molar-refractivity contribution in [3.8, 4) is 11.5 Å². The second-order valence-electron chi connectivity index (χ2n) is 7.28. The van der Waals surface area contributed by atoms with E-state index in [0.717, 1.165) is 38.3 Å². The predicted octanol–water partition coefficient (Wildman–Crippen LogP) is 0.358. The minimum absolute atomic E-state index is 0.0184. The van der Waals surface area contributed by atoms with Gasteiger partial charge < -0.3 is 24.6 Å². The zero-order valence-electron chi connectivity index (χ0n) is 16.7. The normalized spacial score (nSPS) is 18.8. The Morgan fingerprint density at radius 3 is 2.47 bits per heavy atom. The van der Waals surface area contributed by atoms with E-state index in [0.29, 0.717) is 12.2 Å². The number of benzene rings is 2. The van der Waals surface area contributed by atoms with Gasteiger partial charge in [-0.1, -0.05) is 6.07 Å². The lowest BCUT2D eigenvalue weighted by Crippen LogP contribution is -3.28. The molecule has 0 spiro atoms. The van der Waals surface area contributed by atoms with Gasteiger partial charge in [-0.3, -0.25) is 4.79 Å². The number of rotatable bonds is 8. The van der Waals surface area contributed by atoms with Crippen molar-refractivity contribution in [1.82, 2.24) is 0 Å². The highest BCUT2D eigenvalue weighted by molar-refractivity contribution is 5.91. The lowest BCUT2D eigenvalue weighted by Gasteiger charge is -2.29. The van der Waals surface area contributed by atoms with Gasteiger partial charge in [0.1, 0.15) is 38.5 Å². The lowest BCUT2D eigenvalue weighted by atomic mass is 10.1. The van der Waals surface area contributed by atoms with Crippen LogP contribution < -0.4 is 24.6 Å². The van der Waals surface area contributed by atoms with Crippen LogP contribution >= 0.6 is 0 Å². The number of ether oxygens (including phenoxy) is 2. The van der Waals surface area contributed by atoms with E-state index in [2.05, 4.69) is 10.1 Å². The highest BCUT2D eigenvalue weighted by Gasteiger charge is 2.25. The Morgan fingerprint density at radius 2 is 1.80 bits per heavy atom. The van der Waals surface area contributed by atoms with Crippen LogP contribution in [0.15, 0.2) is 42.5 Å². The Labute approximate surface area is 173 Å². The third-order valence-corrected chi connectivity index (χ3v) is 5.08. The van der Waals surface area contributed by atoms with E-state index < -0.39 is 6.61 Å². The van der Waals surface area contributed by atoms with E-state index in [1.165, 1.54) is 35.1 Å². The first-order valence-corrected chi connectivity index (χ1v) is 9.77. The molecule has 30 heavy (non-hydrogen) atoms. The van der Waals surface area contributed by atoms with E-state index in [1.807, 2.05) is 0 Å². The van der Waals surface area contributed by atoms with Crippen molar-refractivity contribution in [3.63, 3.8) is 0 Å². The molecule has 0 unspecified atom stereocenters. The molecule has 1 aliphatic rings. The maximum atomic E-state index is 13.2. The summed E-state index contributed by atoms with van der Waals surface area (Å²) in [5.74, 6) is -0.225. The number of carbonyl (C=O) groups is 1. The number of hydrogen-bond acceptors (Lipinski definition) is 3. The van der Waals surface area contributed by atoms with Crippen molar-refractivity contribution in [2.75, 3.05) is 45.2 Å². The third-order valence-electron chi connectivity index (χ3n) is 5.08. The number of alkyl halides is 2. The molecule has 0 radical (unpaired) electrons. The maximum absolute atomic E-state index is 13.2. The first kappa shape index (κ1) is 21.9. The first-order chi connectivity index (χ1) is 14.4. The highest BCUT2D eigenvalue weighted by Crippen LogP contribution is 2.29. The van der Waals surface area contributed by atoms with Gasteiger partial charge in [0.15, 0.2) is 18.0 Å². The summed E-state index contributed by atoms with van der Waals surface area (Å²) in [6.07, 6.45) is 0. The Morgan fingerprint density at radius 1 is 1.07 bits per heavy atom. The predicted molar refractivity (Wildman–Crippen MR) is 105 cm³/mol. The SMILES string of the molecule is COc1cc(C[NH+]2CC[NH+](CC(=O)Nc3cccc(F)c3)CC2)ccc1OC(F)F. The van der Waals surface area contributed by atoms with Crippen LogP contribution in [0, 0.1) is 5.82 Å². The number of halogens is 3. The molecular weight excluding hydrogens is 399 g/mol. The van der Waals surface area contributed by atoms with Crippen molar-refractivity contribution in [3.05, 3.63) is 53.8 Å². The maximum Gasteiger partial charge on any atom is 0.387 e. The van der Waals surface area contributed by atoms with Crippen molar-refractivity contribution >= 4 is 11.6 Å². The fraction of sp³-hybridized carbons (Fsp3) is 0.381. The van der Waals surface area contributed by atoms with Crippen molar-refractivity contribution in [2.24, 2.45) is 0 Å². The smallest absolute Gasteiger partial charge is 0.387 e. The lowest BCUT2D eigenvalue weighted by molar-refractivity contribution is -1.02. The van der Waals surface area contributed by atoms with E-state index >= 15 is 0 Å². The number of carbonyl (C=O) groups excluding carboxylic acids is 1. The van der Waals surface area contributed by atoms with Crippen molar-refractivity contribution < 1.29 is 37.2 Å². The molecule has 0 bridgehead atoms. The molecule has 0 aromatic heterocycles. The molecule has 0 atom stereocenters. The second-order valence-corrected chi connectivity index (χ2v) is 7.28. The van der Waals surface area contributed by atoms with E-state index in [-0.39, 0.29) is 23.2 Å². The quantitative estimate of drug-likeness (QED) is 0.573. The van der Waals surface area contributed by atoms with Gasteiger partial charge in [-0.25, -0.2) is 4.39 Å². The summed E-state index contributed by atoms with van der Waals surface area (Å²) in [7, 11) is 1.42. The largest absolute Gasteiger partial charge is 0.493 e. The van der Waals surface area contributed by atoms with Crippen LogP contribution in [-0.4, -0.2) is 52.4 Å². The Kier molecular flexibility index (Phi) is 7.53. The molecule has 1 saturated heterocycles. The molecule has 2 aromatic rings. The number of piperazine rings is 1. The fourth-order valence-electron chi connectivity index (χ4n) is 3.61. The Balaban J connectivity index is 1.47. The van der Waals surface area contributed by atoms with Crippen molar-refractivity contribution in [2.45, 2.75) is 13.2 Å². The van der Waals surface area contributed by atoms with Crippen LogP contribution in [-0.2, 0) is 11.3 Å². The van der Waals surface area contributed by atoms with E-state index in [1.54, 1.807) is 24.3 Å². The minimum Gasteiger partial charge on any atom is -0.493 e. The topological polar surface area (TPSA) is 56.4 Å². The minimum atomic E-state index is -2.90. The zero-order valence-corrected chi connectivity index (χ0v) is 16.7. The van der Waals surface area contributed by atoms with Gasteiger partial charge in [-0.05, 0) is 36.4 Å². The number of amides is 1. The van der Waals surface area contributed by atoms with Gasteiger partial charge >= 0.3 is 6.61 Å². The third kappa shape index (κ3) is 6.36.